The maximum absolute atomic E-state index is 12.1. The molecule has 0 unspecified atom stereocenters. The number of hydrogen-bond acceptors (Lipinski definition) is 4. The van der Waals surface area contributed by atoms with Gasteiger partial charge in [-0.15, -0.1) is 0 Å². The van der Waals surface area contributed by atoms with E-state index in [1.807, 2.05) is 24.3 Å². The van der Waals surface area contributed by atoms with Crippen LogP contribution in [0.5, 0.6) is 5.75 Å². The molecule has 0 saturated carbocycles. The van der Waals surface area contributed by atoms with Gasteiger partial charge in [-0.25, -0.2) is 0 Å². The summed E-state index contributed by atoms with van der Waals surface area (Å²) in [7, 11) is 3.17. The van der Waals surface area contributed by atoms with Crippen LogP contribution < -0.4 is 10.1 Å². The lowest BCUT2D eigenvalue weighted by Crippen LogP contribution is -2.47. The second-order valence-corrected chi connectivity index (χ2v) is 4.95. The predicted octanol–water partition coefficient (Wildman–Crippen LogP) is 1.19. The van der Waals surface area contributed by atoms with Gasteiger partial charge in [-0.3, -0.25) is 9.59 Å². The summed E-state index contributed by atoms with van der Waals surface area (Å²) in [6.45, 7) is 4.42. The zero-order valence-corrected chi connectivity index (χ0v) is 13.6. The number of nitrogens with one attached hydrogen (secondary N) is 1. The van der Waals surface area contributed by atoms with E-state index in [2.05, 4.69) is 5.32 Å². The maximum Gasteiger partial charge on any atom is 0.242 e. The molecule has 6 heteroatoms. The maximum atomic E-state index is 12.1. The van der Waals surface area contributed by atoms with Crippen LogP contribution in [0.2, 0.25) is 0 Å². The highest BCUT2D eigenvalue weighted by molar-refractivity contribution is 5.86. The van der Waals surface area contributed by atoms with Crippen molar-refractivity contribution in [3.05, 3.63) is 29.8 Å². The monoisotopic (exact) mass is 308 g/mol. The molecule has 1 aromatic carbocycles. The Morgan fingerprint density at radius 2 is 1.86 bits per heavy atom. The topological polar surface area (TPSA) is 67.9 Å². The Morgan fingerprint density at radius 1 is 1.23 bits per heavy atom. The van der Waals surface area contributed by atoms with Crippen LogP contribution in [0.15, 0.2) is 24.3 Å². The molecule has 0 saturated heterocycles. The molecule has 2 amide bonds. The van der Waals surface area contributed by atoms with Crippen molar-refractivity contribution in [1.29, 1.82) is 0 Å². The van der Waals surface area contributed by atoms with Crippen LogP contribution in [-0.4, -0.2) is 50.1 Å². The lowest BCUT2D eigenvalue weighted by molar-refractivity contribution is -0.139. The molecule has 1 N–H and O–H groups in total. The minimum atomic E-state index is -0.545. The van der Waals surface area contributed by atoms with Gasteiger partial charge in [0.15, 0.2) is 0 Å². The van der Waals surface area contributed by atoms with E-state index in [-0.39, 0.29) is 11.8 Å². The first-order chi connectivity index (χ1) is 10.5. The summed E-state index contributed by atoms with van der Waals surface area (Å²) >= 11 is 0. The van der Waals surface area contributed by atoms with Crippen LogP contribution in [0, 0.1) is 0 Å². The fourth-order valence-corrected chi connectivity index (χ4v) is 2.01. The molecule has 6 nitrogen and oxygen atoms in total. The summed E-state index contributed by atoms with van der Waals surface area (Å²) in [5.74, 6) is 0.412. The van der Waals surface area contributed by atoms with Crippen molar-refractivity contribution in [2.75, 3.05) is 27.4 Å². The van der Waals surface area contributed by atoms with E-state index in [0.29, 0.717) is 19.7 Å². The standard InChI is InChI=1S/C16H24N2O4/c1-12(16(20)17-9-10-21-3)18(13(2)19)11-14-5-7-15(22-4)8-6-14/h5-8,12H,9-11H2,1-4H3,(H,17,20)/t12-/m1/s1. The van der Waals surface area contributed by atoms with Gasteiger partial charge in [-0.1, -0.05) is 12.1 Å². The fourth-order valence-electron chi connectivity index (χ4n) is 2.01. The van der Waals surface area contributed by atoms with Gasteiger partial charge in [0.25, 0.3) is 0 Å². The number of rotatable bonds is 8. The number of ether oxygens (including phenoxy) is 2. The number of carbonyl (C=O) groups is 2. The molecule has 1 aromatic rings. The van der Waals surface area contributed by atoms with Crippen molar-refractivity contribution in [2.45, 2.75) is 26.4 Å². The normalized spacial score (nSPS) is 11.6. The molecule has 0 aliphatic rings. The van der Waals surface area contributed by atoms with Crippen molar-refractivity contribution >= 4 is 11.8 Å². The van der Waals surface area contributed by atoms with Crippen molar-refractivity contribution in [2.24, 2.45) is 0 Å². The molecule has 0 aliphatic heterocycles. The molecule has 122 valence electrons. The van der Waals surface area contributed by atoms with Crippen LogP contribution in [-0.2, 0) is 20.9 Å². The van der Waals surface area contributed by atoms with Crippen molar-refractivity contribution in [3.8, 4) is 5.75 Å². The number of methoxy groups -OCH3 is 2. The molecule has 0 aromatic heterocycles. The minimum absolute atomic E-state index is 0.148. The van der Waals surface area contributed by atoms with E-state index in [4.69, 9.17) is 9.47 Å². The summed E-state index contributed by atoms with van der Waals surface area (Å²) in [5, 5.41) is 2.74. The summed E-state index contributed by atoms with van der Waals surface area (Å²) in [6.07, 6.45) is 0. The molecular formula is C16H24N2O4. The lowest BCUT2D eigenvalue weighted by Gasteiger charge is -2.27. The summed E-state index contributed by atoms with van der Waals surface area (Å²) in [6, 6.07) is 6.87. The van der Waals surface area contributed by atoms with Gasteiger partial charge in [0.1, 0.15) is 11.8 Å². The summed E-state index contributed by atoms with van der Waals surface area (Å²) in [5.41, 5.74) is 0.938. The van der Waals surface area contributed by atoms with Crippen LogP contribution in [0.25, 0.3) is 0 Å². The lowest BCUT2D eigenvalue weighted by atomic mass is 10.1. The van der Waals surface area contributed by atoms with Crippen molar-refractivity contribution < 1.29 is 19.1 Å². The quantitative estimate of drug-likeness (QED) is 0.733. The second kappa shape index (κ2) is 9.04. The second-order valence-electron chi connectivity index (χ2n) is 4.95. The Labute approximate surface area is 131 Å². The third kappa shape index (κ3) is 5.37. The van der Waals surface area contributed by atoms with Gasteiger partial charge in [-0.2, -0.15) is 0 Å². The zero-order chi connectivity index (χ0) is 16.5. The Balaban J connectivity index is 2.71. The summed E-state index contributed by atoms with van der Waals surface area (Å²) < 4.78 is 10.00. The van der Waals surface area contributed by atoms with Gasteiger partial charge in [0, 0.05) is 27.1 Å². The highest BCUT2D eigenvalue weighted by Gasteiger charge is 2.23. The highest BCUT2D eigenvalue weighted by atomic mass is 16.5. The Morgan fingerprint density at radius 3 is 2.36 bits per heavy atom. The molecular weight excluding hydrogens is 284 g/mol. The molecule has 0 aliphatic carbocycles. The number of benzene rings is 1. The molecule has 0 heterocycles. The van der Waals surface area contributed by atoms with Crippen LogP contribution in [0.1, 0.15) is 19.4 Å². The number of amides is 2. The minimum Gasteiger partial charge on any atom is -0.497 e. The first-order valence-corrected chi connectivity index (χ1v) is 7.16. The van der Waals surface area contributed by atoms with E-state index < -0.39 is 6.04 Å². The molecule has 22 heavy (non-hydrogen) atoms. The number of nitrogens with zero attached hydrogens (tertiary/aromatic N) is 1. The Hall–Kier alpha value is -2.08. The third-order valence-corrected chi connectivity index (χ3v) is 3.37. The fraction of sp³-hybridized carbons (Fsp3) is 0.500. The van der Waals surface area contributed by atoms with Crippen molar-refractivity contribution in [3.63, 3.8) is 0 Å². The molecule has 0 spiro atoms. The third-order valence-electron chi connectivity index (χ3n) is 3.37. The van der Waals surface area contributed by atoms with Crippen LogP contribution in [0.4, 0.5) is 0 Å². The van der Waals surface area contributed by atoms with Crippen LogP contribution >= 0.6 is 0 Å². The SMILES string of the molecule is COCCNC(=O)[C@@H](C)N(Cc1ccc(OC)cc1)C(C)=O. The smallest absolute Gasteiger partial charge is 0.242 e. The van der Waals surface area contributed by atoms with Crippen molar-refractivity contribution in [1.82, 2.24) is 10.2 Å². The van der Waals surface area contributed by atoms with Gasteiger partial charge >= 0.3 is 0 Å². The van der Waals surface area contributed by atoms with E-state index >= 15 is 0 Å². The molecule has 0 radical (unpaired) electrons. The molecule has 0 fully saturated rings. The van der Waals surface area contributed by atoms with Gasteiger partial charge in [-0.05, 0) is 24.6 Å². The zero-order valence-electron chi connectivity index (χ0n) is 13.6. The first-order valence-electron chi connectivity index (χ1n) is 7.16. The Bertz CT molecular complexity index is 487. The average Bonchev–Trinajstić information content (AvgIpc) is 2.52. The van der Waals surface area contributed by atoms with Gasteiger partial charge in [0.05, 0.1) is 13.7 Å². The average molecular weight is 308 g/mol. The number of hydrogen-bond donors (Lipinski definition) is 1. The molecule has 0 bridgehead atoms. The van der Waals surface area contributed by atoms with Crippen LogP contribution in [0.3, 0.4) is 0 Å². The number of carbonyl (C=O) groups excluding carboxylic acids is 2. The first kappa shape index (κ1) is 18.0. The Kier molecular flexibility index (Phi) is 7.39. The molecule has 1 atom stereocenters. The van der Waals surface area contributed by atoms with E-state index in [9.17, 15) is 9.59 Å². The van der Waals surface area contributed by atoms with E-state index in [0.717, 1.165) is 11.3 Å². The summed E-state index contributed by atoms with van der Waals surface area (Å²) in [4.78, 5) is 25.4. The van der Waals surface area contributed by atoms with Gasteiger partial charge < -0.3 is 19.7 Å². The van der Waals surface area contributed by atoms with E-state index in [1.165, 1.54) is 11.8 Å². The predicted molar refractivity (Wildman–Crippen MR) is 83.6 cm³/mol. The largest absolute Gasteiger partial charge is 0.497 e. The van der Waals surface area contributed by atoms with E-state index in [1.54, 1.807) is 21.1 Å². The highest BCUT2D eigenvalue weighted by Crippen LogP contribution is 2.14. The molecule has 1 rings (SSSR count). The van der Waals surface area contributed by atoms with Gasteiger partial charge in [0.2, 0.25) is 11.8 Å².